The van der Waals surface area contributed by atoms with Crippen LogP contribution in [-0.4, -0.2) is 47.6 Å². The lowest BCUT2D eigenvalue weighted by molar-refractivity contribution is 0.0265. The van der Waals surface area contributed by atoms with E-state index in [1.165, 1.54) is 0 Å². The van der Waals surface area contributed by atoms with E-state index in [1.54, 1.807) is 17.4 Å². The molecule has 1 unspecified atom stereocenters. The molecule has 7 nitrogen and oxygen atoms in total. The molecule has 26 heavy (non-hydrogen) atoms. The van der Waals surface area contributed by atoms with Gasteiger partial charge in [-0.2, -0.15) is 0 Å². The fourth-order valence-electron chi connectivity index (χ4n) is 3.57. The van der Waals surface area contributed by atoms with E-state index < -0.39 is 5.60 Å². The summed E-state index contributed by atoms with van der Waals surface area (Å²) < 4.78 is 5.53. The Morgan fingerprint density at radius 2 is 2.19 bits per heavy atom. The summed E-state index contributed by atoms with van der Waals surface area (Å²) in [6.45, 7) is 6.80. The van der Waals surface area contributed by atoms with Crippen LogP contribution in [0.3, 0.4) is 0 Å². The SMILES string of the molecule is CC(C)(C)OC(=O)N1CCC=C(C2=NC=NC3=CN=C4NC=CC4[C@@H]32)C1. The predicted octanol–water partition coefficient (Wildman–Crippen LogP) is 2.64. The number of fused-ring (bicyclic) bond motifs is 3. The van der Waals surface area contributed by atoms with Crippen molar-refractivity contribution in [2.75, 3.05) is 13.1 Å². The fourth-order valence-corrected chi connectivity index (χ4v) is 3.57. The minimum atomic E-state index is -0.502. The molecule has 0 saturated heterocycles. The highest BCUT2D eigenvalue weighted by Crippen LogP contribution is 2.35. The first-order valence-electron chi connectivity index (χ1n) is 8.91. The minimum absolute atomic E-state index is 0.0311. The maximum atomic E-state index is 12.5. The number of hydrogen-bond donors (Lipinski definition) is 1. The number of allylic oxidation sites excluding steroid dienone is 1. The smallest absolute Gasteiger partial charge is 0.410 e. The molecule has 0 fully saturated rings. The van der Waals surface area contributed by atoms with Gasteiger partial charge in [-0.25, -0.2) is 19.8 Å². The van der Waals surface area contributed by atoms with E-state index in [4.69, 9.17) is 4.74 Å². The van der Waals surface area contributed by atoms with Gasteiger partial charge in [-0.3, -0.25) is 0 Å². The number of nitrogens with zero attached hydrogens (tertiary/aromatic N) is 4. The predicted molar refractivity (Wildman–Crippen MR) is 101 cm³/mol. The monoisotopic (exact) mass is 353 g/mol. The maximum absolute atomic E-state index is 12.5. The Bertz CT molecular complexity index is 810. The Kier molecular flexibility index (Phi) is 4.01. The van der Waals surface area contributed by atoms with E-state index in [0.717, 1.165) is 29.2 Å². The highest BCUT2D eigenvalue weighted by atomic mass is 16.6. The van der Waals surface area contributed by atoms with Crippen LogP contribution in [0.4, 0.5) is 4.79 Å². The van der Waals surface area contributed by atoms with E-state index in [2.05, 4.69) is 32.4 Å². The van der Waals surface area contributed by atoms with Gasteiger partial charge in [0, 0.05) is 6.54 Å². The van der Waals surface area contributed by atoms with Gasteiger partial charge in [-0.1, -0.05) is 12.2 Å². The molecule has 1 amide bonds. The zero-order valence-corrected chi connectivity index (χ0v) is 15.3. The Labute approximate surface area is 152 Å². The average Bonchev–Trinajstić information content (AvgIpc) is 3.09. The molecule has 0 aliphatic carbocycles. The van der Waals surface area contributed by atoms with Crippen molar-refractivity contribution in [2.45, 2.75) is 32.8 Å². The summed E-state index contributed by atoms with van der Waals surface area (Å²) in [6.07, 6.45) is 10.1. The molecule has 0 aromatic rings. The van der Waals surface area contributed by atoms with Crippen molar-refractivity contribution in [3.05, 3.63) is 35.8 Å². The molecule has 1 N–H and O–H groups in total. The van der Waals surface area contributed by atoms with Crippen LogP contribution >= 0.6 is 0 Å². The molecule has 0 aromatic heterocycles. The fraction of sp³-hybridized carbons (Fsp3) is 0.474. The largest absolute Gasteiger partial charge is 0.444 e. The van der Waals surface area contributed by atoms with Crippen LogP contribution < -0.4 is 5.32 Å². The summed E-state index contributed by atoms with van der Waals surface area (Å²) >= 11 is 0. The standard InChI is InChI=1S/C19H23N5O2/c1-19(2,3)26-18(25)24-8-4-5-12(10-24)16-15-13-6-7-20-17(13)21-9-14(15)22-11-23-16/h5-7,9,11,13,15H,4,8,10H2,1-3H3,(H,20,21)/t13?,15-/m0/s1. The van der Waals surface area contributed by atoms with Gasteiger partial charge >= 0.3 is 6.09 Å². The second-order valence-electron chi connectivity index (χ2n) is 7.75. The van der Waals surface area contributed by atoms with Gasteiger partial charge in [0.2, 0.25) is 0 Å². The summed E-state index contributed by atoms with van der Waals surface area (Å²) in [5.74, 6) is 1.07. The first-order valence-corrected chi connectivity index (χ1v) is 8.91. The first kappa shape index (κ1) is 16.8. The normalized spacial score (nSPS) is 26.8. The summed E-state index contributed by atoms with van der Waals surface area (Å²) in [5.41, 5.74) is 2.43. The van der Waals surface area contributed by atoms with Crippen LogP contribution in [0.2, 0.25) is 0 Å². The van der Waals surface area contributed by atoms with Crippen molar-refractivity contribution in [2.24, 2.45) is 26.8 Å². The lowest BCUT2D eigenvalue weighted by Crippen LogP contribution is -2.43. The lowest BCUT2D eigenvalue weighted by atomic mass is 9.80. The van der Waals surface area contributed by atoms with Crippen LogP contribution in [0.15, 0.2) is 50.8 Å². The molecule has 0 bridgehead atoms. The van der Waals surface area contributed by atoms with Gasteiger partial charge in [0.1, 0.15) is 17.8 Å². The van der Waals surface area contributed by atoms with E-state index in [0.29, 0.717) is 13.1 Å². The number of amidine groups is 1. The number of nitrogens with one attached hydrogen (secondary N) is 1. The average molecular weight is 353 g/mol. The molecule has 4 aliphatic rings. The minimum Gasteiger partial charge on any atom is -0.444 e. The summed E-state index contributed by atoms with van der Waals surface area (Å²) in [5, 5.41) is 3.18. The van der Waals surface area contributed by atoms with Gasteiger partial charge in [0.15, 0.2) is 0 Å². The van der Waals surface area contributed by atoms with Crippen LogP contribution in [0.5, 0.6) is 0 Å². The highest BCUT2D eigenvalue weighted by Gasteiger charge is 2.39. The number of carbonyl (C=O) groups is 1. The van der Waals surface area contributed by atoms with Crippen molar-refractivity contribution < 1.29 is 9.53 Å². The zero-order valence-electron chi connectivity index (χ0n) is 15.3. The summed E-state index contributed by atoms with van der Waals surface area (Å²) in [7, 11) is 0. The van der Waals surface area contributed by atoms with Crippen LogP contribution in [0.1, 0.15) is 27.2 Å². The molecule has 2 atom stereocenters. The highest BCUT2D eigenvalue weighted by molar-refractivity contribution is 6.12. The van der Waals surface area contributed by atoms with Gasteiger partial charge in [-0.15, -0.1) is 0 Å². The second-order valence-corrected chi connectivity index (χ2v) is 7.75. The quantitative estimate of drug-likeness (QED) is 0.787. The number of hydrogen-bond acceptors (Lipinski definition) is 6. The van der Waals surface area contributed by atoms with Gasteiger partial charge in [0.05, 0.1) is 36.0 Å². The number of amides is 1. The van der Waals surface area contributed by atoms with Crippen molar-refractivity contribution in [3.63, 3.8) is 0 Å². The van der Waals surface area contributed by atoms with Crippen molar-refractivity contribution in [1.29, 1.82) is 0 Å². The number of ether oxygens (including phenoxy) is 1. The Morgan fingerprint density at radius 3 is 3.00 bits per heavy atom. The summed E-state index contributed by atoms with van der Waals surface area (Å²) in [6, 6.07) is 0. The van der Waals surface area contributed by atoms with Gasteiger partial charge in [-0.05, 0) is 39.0 Å². The maximum Gasteiger partial charge on any atom is 0.410 e. The lowest BCUT2D eigenvalue weighted by Gasteiger charge is -2.34. The second kappa shape index (κ2) is 6.23. The van der Waals surface area contributed by atoms with E-state index in [-0.39, 0.29) is 17.9 Å². The Balaban J connectivity index is 1.56. The van der Waals surface area contributed by atoms with Crippen LogP contribution in [0.25, 0.3) is 0 Å². The topological polar surface area (TPSA) is 78.7 Å². The Morgan fingerprint density at radius 1 is 1.35 bits per heavy atom. The Hall–Kier alpha value is -2.70. The molecule has 0 aromatic carbocycles. The summed E-state index contributed by atoms with van der Waals surface area (Å²) in [4.78, 5) is 27.7. The first-order chi connectivity index (χ1) is 12.4. The molecule has 4 heterocycles. The van der Waals surface area contributed by atoms with Crippen molar-refractivity contribution in [3.8, 4) is 0 Å². The molecule has 7 heteroatoms. The molecule has 4 rings (SSSR count). The molecule has 4 aliphatic heterocycles. The van der Waals surface area contributed by atoms with Crippen molar-refractivity contribution >= 4 is 24.0 Å². The number of carbonyl (C=O) groups excluding carboxylic acids is 1. The number of rotatable bonds is 1. The molecule has 0 radical (unpaired) electrons. The van der Waals surface area contributed by atoms with E-state index in [9.17, 15) is 4.79 Å². The molecular weight excluding hydrogens is 330 g/mol. The van der Waals surface area contributed by atoms with Crippen LogP contribution in [0, 0.1) is 11.8 Å². The molecule has 0 saturated carbocycles. The van der Waals surface area contributed by atoms with Gasteiger partial charge < -0.3 is 15.0 Å². The third-order valence-electron chi connectivity index (χ3n) is 4.69. The van der Waals surface area contributed by atoms with E-state index >= 15 is 0 Å². The number of aliphatic imine (C=N–C) groups is 3. The van der Waals surface area contributed by atoms with Crippen LogP contribution in [-0.2, 0) is 4.74 Å². The molecular formula is C19H23N5O2. The van der Waals surface area contributed by atoms with Crippen molar-refractivity contribution in [1.82, 2.24) is 10.2 Å². The zero-order chi connectivity index (χ0) is 18.3. The third kappa shape index (κ3) is 3.09. The van der Waals surface area contributed by atoms with Gasteiger partial charge in [0.25, 0.3) is 0 Å². The third-order valence-corrected chi connectivity index (χ3v) is 4.69. The van der Waals surface area contributed by atoms with E-state index in [1.807, 2.05) is 27.0 Å². The molecule has 136 valence electrons. The molecule has 0 spiro atoms.